The van der Waals surface area contributed by atoms with Crippen molar-refractivity contribution in [1.82, 2.24) is 4.90 Å². The molecule has 0 aromatic heterocycles. The van der Waals surface area contributed by atoms with Crippen molar-refractivity contribution in [2.24, 2.45) is 11.8 Å². The lowest BCUT2D eigenvalue weighted by Gasteiger charge is -2.38. The lowest BCUT2D eigenvalue weighted by molar-refractivity contribution is 0.142. The number of piperidine rings is 1. The fourth-order valence-electron chi connectivity index (χ4n) is 5.00. The molecule has 0 saturated carbocycles. The molecule has 3 saturated heterocycles. The molecule has 4 rings (SSSR count). The zero-order valence-electron chi connectivity index (χ0n) is 12.0. The Labute approximate surface area is 116 Å². The quantitative estimate of drug-likeness (QED) is 0.689. The molecule has 0 amide bonds. The summed E-state index contributed by atoms with van der Waals surface area (Å²) in [7, 11) is 0. The maximum Gasteiger partial charge on any atom is 0.0200 e. The second kappa shape index (κ2) is 3.96. The van der Waals surface area contributed by atoms with Crippen LogP contribution in [0.5, 0.6) is 0 Å². The number of aryl methyl sites for hydroxylation is 1. The van der Waals surface area contributed by atoms with Gasteiger partial charge in [0, 0.05) is 24.5 Å². The van der Waals surface area contributed by atoms with E-state index in [4.69, 9.17) is 0 Å². The third-order valence-corrected chi connectivity index (χ3v) is 5.77. The predicted molar refractivity (Wildman–Crippen MR) is 79.2 cm³/mol. The minimum Gasteiger partial charge on any atom is -0.293 e. The summed E-state index contributed by atoms with van der Waals surface area (Å²) in [6, 6.07) is 10.8. The van der Waals surface area contributed by atoms with Crippen LogP contribution in [0.3, 0.4) is 0 Å². The Bertz CT molecular complexity index is 515. The fourth-order valence-corrected chi connectivity index (χ4v) is 5.00. The lowest BCUT2D eigenvalue weighted by Crippen LogP contribution is -2.41. The molecule has 100 valence electrons. The summed E-state index contributed by atoms with van der Waals surface area (Å²) in [5.41, 5.74) is 4.40. The van der Waals surface area contributed by atoms with E-state index in [1.165, 1.54) is 24.0 Å². The van der Waals surface area contributed by atoms with Gasteiger partial charge in [0.1, 0.15) is 0 Å². The fraction of sp³-hybridized carbons (Fsp3) is 0.556. The van der Waals surface area contributed by atoms with Crippen molar-refractivity contribution in [2.45, 2.75) is 44.7 Å². The monoisotopic (exact) mass is 253 g/mol. The van der Waals surface area contributed by atoms with Gasteiger partial charge >= 0.3 is 0 Å². The molecule has 3 aliphatic heterocycles. The average molecular weight is 253 g/mol. The van der Waals surface area contributed by atoms with Gasteiger partial charge in [-0.2, -0.15) is 0 Å². The Kier molecular flexibility index (Phi) is 2.44. The van der Waals surface area contributed by atoms with Gasteiger partial charge in [0.25, 0.3) is 0 Å². The van der Waals surface area contributed by atoms with Crippen molar-refractivity contribution < 1.29 is 0 Å². The molecule has 0 aliphatic carbocycles. The highest BCUT2D eigenvalue weighted by atomic mass is 15.3. The van der Waals surface area contributed by atoms with E-state index in [2.05, 4.69) is 49.6 Å². The van der Waals surface area contributed by atoms with E-state index in [1.54, 1.807) is 5.56 Å². The van der Waals surface area contributed by atoms with Gasteiger partial charge in [-0.15, -0.1) is 0 Å². The smallest absolute Gasteiger partial charge is 0.0200 e. The van der Waals surface area contributed by atoms with Gasteiger partial charge in [-0.1, -0.05) is 48.9 Å². The Morgan fingerprint density at radius 3 is 2.63 bits per heavy atom. The van der Waals surface area contributed by atoms with E-state index in [-0.39, 0.29) is 0 Å². The Morgan fingerprint density at radius 1 is 1.16 bits per heavy atom. The molecule has 19 heavy (non-hydrogen) atoms. The molecule has 5 unspecified atom stereocenters. The standard InChI is InChI=1S/C18H23N/c1-11-4-6-14(7-5-11)16-9-15-8-12(2)18-17(16)13(3)10-19(15)18/h4-7,12,15-18H,3,8-10H2,1-2H3/t12?,15?,16-,17?,18?/m1/s1. The summed E-state index contributed by atoms with van der Waals surface area (Å²) < 4.78 is 0. The summed E-state index contributed by atoms with van der Waals surface area (Å²) in [6.45, 7) is 10.2. The summed E-state index contributed by atoms with van der Waals surface area (Å²) in [5.74, 6) is 2.27. The first-order valence-electron chi connectivity index (χ1n) is 7.65. The molecule has 1 aromatic rings. The first kappa shape index (κ1) is 11.7. The van der Waals surface area contributed by atoms with E-state index in [1.807, 2.05) is 0 Å². The SMILES string of the molecule is C=C1CN2C3CC(C)C2C1[C@@H](c1ccc(C)cc1)C3. The van der Waals surface area contributed by atoms with Gasteiger partial charge in [-0.05, 0) is 37.2 Å². The van der Waals surface area contributed by atoms with Gasteiger partial charge in [-0.25, -0.2) is 0 Å². The summed E-state index contributed by atoms with van der Waals surface area (Å²) in [4.78, 5) is 2.75. The van der Waals surface area contributed by atoms with Crippen molar-refractivity contribution in [2.75, 3.05) is 6.54 Å². The summed E-state index contributed by atoms with van der Waals surface area (Å²) in [6.07, 6.45) is 2.74. The molecule has 1 aromatic carbocycles. The molecule has 6 atom stereocenters. The van der Waals surface area contributed by atoms with E-state index in [9.17, 15) is 0 Å². The number of rotatable bonds is 1. The maximum absolute atomic E-state index is 4.40. The molecule has 3 heterocycles. The summed E-state index contributed by atoms with van der Waals surface area (Å²) in [5, 5.41) is 0. The molecule has 0 spiro atoms. The van der Waals surface area contributed by atoms with Crippen LogP contribution in [-0.2, 0) is 0 Å². The molecule has 0 N–H and O–H groups in total. The van der Waals surface area contributed by atoms with Crippen LogP contribution in [0.4, 0.5) is 0 Å². The van der Waals surface area contributed by atoms with Crippen LogP contribution in [0.2, 0.25) is 0 Å². The average Bonchev–Trinajstić information content (AvgIpc) is 2.76. The van der Waals surface area contributed by atoms with Gasteiger partial charge in [0.05, 0.1) is 0 Å². The van der Waals surface area contributed by atoms with Crippen molar-refractivity contribution in [3.05, 3.63) is 47.5 Å². The zero-order chi connectivity index (χ0) is 13.1. The van der Waals surface area contributed by atoms with Gasteiger partial charge in [0.15, 0.2) is 0 Å². The molecule has 1 nitrogen and oxygen atoms in total. The third-order valence-electron chi connectivity index (χ3n) is 5.77. The van der Waals surface area contributed by atoms with E-state index in [0.717, 1.165) is 24.5 Å². The molecule has 3 aliphatic rings. The van der Waals surface area contributed by atoms with Gasteiger partial charge in [0.2, 0.25) is 0 Å². The van der Waals surface area contributed by atoms with Crippen molar-refractivity contribution in [3.63, 3.8) is 0 Å². The highest BCUT2D eigenvalue weighted by Crippen LogP contribution is 2.55. The second-order valence-corrected chi connectivity index (χ2v) is 6.97. The van der Waals surface area contributed by atoms with Crippen LogP contribution in [0.15, 0.2) is 36.4 Å². The largest absolute Gasteiger partial charge is 0.293 e. The minimum absolute atomic E-state index is 0.705. The van der Waals surface area contributed by atoms with Crippen LogP contribution in [0.25, 0.3) is 0 Å². The van der Waals surface area contributed by atoms with Crippen LogP contribution in [0, 0.1) is 18.8 Å². The normalized spacial score (nSPS) is 43.8. The molecular weight excluding hydrogens is 230 g/mol. The summed E-state index contributed by atoms with van der Waals surface area (Å²) >= 11 is 0. The molecular formula is C18H23N. The van der Waals surface area contributed by atoms with Crippen LogP contribution >= 0.6 is 0 Å². The van der Waals surface area contributed by atoms with Crippen molar-refractivity contribution >= 4 is 0 Å². The van der Waals surface area contributed by atoms with Crippen LogP contribution in [-0.4, -0.2) is 23.5 Å². The molecule has 0 radical (unpaired) electrons. The maximum atomic E-state index is 4.40. The first-order valence-corrected chi connectivity index (χ1v) is 7.65. The van der Waals surface area contributed by atoms with Crippen LogP contribution in [0.1, 0.15) is 36.8 Å². The van der Waals surface area contributed by atoms with Crippen molar-refractivity contribution in [1.29, 1.82) is 0 Å². The van der Waals surface area contributed by atoms with Gasteiger partial charge < -0.3 is 0 Å². The number of benzene rings is 1. The Morgan fingerprint density at radius 2 is 1.89 bits per heavy atom. The van der Waals surface area contributed by atoms with Crippen molar-refractivity contribution in [3.8, 4) is 0 Å². The number of hydrogen-bond donors (Lipinski definition) is 0. The van der Waals surface area contributed by atoms with Gasteiger partial charge in [-0.3, -0.25) is 4.90 Å². The Hall–Kier alpha value is -1.08. The zero-order valence-corrected chi connectivity index (χ0v) is 12.0. The number of nitrogens with zero attached hydrogens (tertiary/aromatic N) is 1. The van der Waals surface area contributed by atoms with E-state index >= 15 is 0 Å². The van der Waals surface area contributed by atoms with E-state index < -0.39 is 0 Å². The molecule has 1 heteroatoms. The topological polar surface area (TPSA) is 3.24 Å². The molecule has 4 bridgehead atoms. The second-order valence-electron chi connectivity index (χ2n) is 6.97. The predicted octanol–water partition coefficient (Wildman–Crippen LogP) is 3.75. The third kappa shape index (κ3) is 1.57. The number of hydrogen-bond acceptors (Lipinski definition) is 1. The Balaban J connectivity index is 1.74. The minimum atomic E-state index is 0.705. The first-order chi connectivity index (χ1) is 9.15. The van der Waals surface area contributed by atoms with E-state index in [0.29, 0.717) is 11.8 Å². The highest BCUT2D eigenvalue weighted by molar-refractivity contribution is 5.34. The highest BCUT2D eigenvalue weighted by Gasteiger charge is 2.55. The van der Waals surface area contributed by atoms with Crippen LogP contribution < -0.4 is 0 Å². The molecule has 3 fully saturated rings. The lowest BCUT2D eigenvalue weighted by atomic mass is 9.75.